The number of esters is 1. The topological polar surface area (TPSA) is 128 Å². The maximum absolute atomic E-state index is 12.6. The van der Waals surface area contributed by atoms with Crippen molar-refractivity contribution >= 4 is 49.4 Å². The Bertz CT molecular complexity index is 1230. The average molecular weight is 496 g/mol. The Morgan fingerprint density at radius 2 is 2.03 bits per heavy atom. The summed E-state index contributed by atoms with van der Waals surface area (Å²) in [4.78, 5) is 26.9. The molecule has 1 aliphatic rings. The lowest BCUT2D eigenvalue weighted by Crippen LogP contribution is -2.24. The van der Waals surface area contributed by atoms with Crippen molar-refractivity contribution in [3.63, 3.8) is 0 Å². The molecule has 3 aromatic heterocycles. The molecule has 1 aliphatic carbocycles. The maximum Gasteiger partial charge on any atom is 0.341 e. The lowest BCUT2D eigenvalue weighted by Gasteiger charge is -2.08. The average Bonchev–Trinajstić information content (AvgIpc) is 3.45. The van der Waals surface area contributed by atoms with Crippen molar-refractivity contribution in [3.8, 4) is 10.8 Å². The number of nitrogens with zero attached hydrogens (tertiary/aromatic N) is 2. The van der Waals surface area contributed by atoms with E-state index in [9.17, 15) is 18.0 Å². The number of nitrogens with one attached hydrogen (secondary N) is 1. The number of aryl methyl sites for hydroxylation is 1. The van der Waals surface area contributed by atoms with Gasteiger partial charge in [0.1, 0.15) is 10.8 Å². The molecule has 0 atom stereocenters. The number of hydrogen-bond acceptors (Lipinski definition) is 10. The van der Waals surface area contributed by atoms with Crippen LogP contribution in [0, 0.1) is 0 Å². The normalized spacial score (nSPS) is 13.9. The van der Waals surface area contributed by atoms with Crippen molar-refractivity contribution in [2.24, 2.45) is 0 Å². The molecule has 0 saturated carbocycles. The third-order valence-corrected chi connectivity index (χ3v) is 8.28. The van der Waals surface area contributed by atoms with Gasteiger partial charge in [0.2, 0.25) is 15.7 Å². The van der Waals surface area contributed by atoms with E-state index in [1.54, 1.807) is 24.4 Å². The first kappa shape index (κ1) is 22.6. The summed E-state index contributed by atoms with van der Waals surface area (Å²) in [5.74, 6) is -2.11. The zero-order valence-corrected chi connectivity index (χ0v) is 19.7. The molecule has 3 heterocycles. The molecule has 0 unspecified atom stereocenters. The van der Waals surface area contributed by atoms with E-state index in [-0.39, 0.29) is 12.5 Å². The van der Waals surface area contributed by atoms with Gasteiger partial charge >= 0.3 is 11.2 Å². The van der Waals surface area contributed by atoms with Gasteiger partial charge in [0.05, 0.1) is 17.0 Å². The number of anilines is 1. The Morgan fingerprint density at radius 3 is 2.78 bits per heavy atom. The fourth-order valence-corrected chi connectivity index (χ4v) is 6.33. The van der Waals surface area contributed by atoms with Gasteiger partial charge in [-0.25, -0.2) is 13.2 Å². The van der Waals surface area contributed by atoms with Crippen molar-refractivity contribution < 1.29 is 27.2 Å². The van der Waals surface area contributed by atoms with Crippen LogP contribution >= 0.6 is 22.7 Å². The summed E-state index contributed by atoms with van der Waals surface area (Å²) >= 11 is 2.63. The molecule has 0 spiro atoms. The first-order chi connectivity index (χ1) is 15.4. The first-order valence-corrected chi connectivity index (χ1v) is 13.5. The molecule has 170 valence electrons. The maximum atomic E-state index is 12.6. The Morgan fingerprint density at radius 1 is 1.22 bits per heavy atom. The lowest BCUT2D eigenvalue weighted by molar-refractivity contribution is -0.113. The lowest BCUT2D eigenvalue weighted by atomic mass is 10.1. The third kappa shape index (κ3) is 4.76. The summed E-state index contributed by atoms with van der Waals surface area (Å²) in [5.41, 5.74) is 1.22. The molecule has 4 rings (SSSR count). The van der Waals surface area contributed by atoms with E-state index in [4.69, 9.17) is 9.15 Å². The van der Waals surface area contributed by atoms with Crippen LogP contribution in [0.5, 0.6) is 0 Å². The van der Waals surface area contributed by atoms with Gasteiger partial charge in [0.15, 0.2) is 0 Å². The molecule has 0 saturated heterocycles. The quantitative estimate of drug-likeness (QED) is 0.388. The van der Waals surface area contributed by atoms with Crippen LogP contribution in [0.3, 0.4) is 0 Å². The van der Waals surface area contributed by atoms with Crippen molar-refractivity contribution in [2.45, 2.75) is 44.3 Å². The number of thiophene rings is 2. The number of carbonyl (C=O) groups excluding carboxylic acids is 2. The van der Waals surface area contributed by atoms with E-state index in [1.807, 2.05) is 0 Å². The largest absolute Gasteiger partial charge is 0.462 e. The Hall–Kier alpha value is -2.57. The molecule has 32 heavy (non-hydrogen) atoms. The minimum atomic E-state index is -4.16. The molecule has 1 amide bonds. The van der Waals surface area contributed by atoms with Crippen LogP contribution in [0.1, 0.15) is 47.0 Å². The van der Waals surface area contributed by atoms with E-state index >= 15 is 0 Å². The summed E-state index contributed by atoms with van der Waals surface area (Å²) in [6.07, 6.45) is 4.56. The summed E-state index contributed by atoms with van der Waals surface area (Å²) in [5, 5.41) is 11.4. The van der Waals surface area contributed by atoms with E-state index < -0.39 is 32.7 Å². The highest BCUT2D eigenvalue weighted by molar-refractivity contribution is 7.91. The number of aromatic nitrogens is 2. The molecule has 0 aliphatic heterocycles. The van der Waals surface area contributed by atoms with Gasteiger partial charge in [-0.15, -0.1) is 27.8 Å². The summed E-state index contributed by atoms with van der Waals surface area (Å²) < 4.78 is 35.7. The third-order valence-electron chi connectivity index (χ3n) is 4.88. The molecular weight excluding hydrogens is 474 g/mol. The van der Waals surface area contributed by atoms with Crippen LogP contribution < -0.4 is 5.32 Å². The highest BCUT2D eigenvalue weighted by Crippen LogP contribution is 2.38. The predicted octanol–water partition coefficient (Wildman–Crippen LogP) is 3.72. The molecule has 0 radical (unpaired) electrons. The summed E-state index contributed by atoms with van der Waals surface area (Å²) in [7, 11) is -4.16. The standard InChI is InChI=1S/C20H21N3O6S3/c1-2-28-19(25)16-12-7-4-3-5-8-13(12)31-18(16)21-15(24)11-32(26,27)20-23-22-17(29-20)14-9-6-10-30-14/h6,9-10H,2-5,7-8,11H2,1H3,(H,21,24). The van der Waals surface area contributed by atoms with Crippen LogP contribution in [0.15, 0.2) is 27.2 Å². The number of sulfone groups is 1. The number of hydrogen-bond donors (Lipinski definition) is 1. The van der Waals surface area contributed by atoms with Crippen molar-refractivity contribution in [1.82, 2.24) is 10.2 Å². The molecule has 3 aromatic rings. The minimum Gasteiger partial charge on any atom is -0.462 e. The van der Waals surface area contributed by atoms with E-state index in [0.29, 0.717) is 15.4 Å². The van der Waals surface area contributed by atoms with Gasteiger partial charge in [0, 0.05) is 4.88 Å². The number of rotatable bonds is 7. The van der Waals surface area contributed by atoms with E-state index in [2.05, 4.69) is 15.5 Å². The van der Waals surface area contributed by atoms with Crippen LogP contribution in [-0.2, 0) is 32.2 Å². The first-order valence-electron chi connectivity index (χ1n) is 10.1. The molecule has 0 aromatic carbocycles. The van der Waals surface area contributed by atoms with Gasteiger partial charge in [-0.2, -0.15) is 0 Å². The molecule has 1 N–H and O–H groups in total. The second-order valence-electron chi connectivity index (χ2n) is 7.15. The Labute approximate surface area is 192 Å². The van der Waals surface area contributed by atoms with Crippen LogP contribution in [0.2, 0.25) is 0 Å². The predicted molar refractivity (Wildman–Crippen MR) is 120 cm³/mol. The second-order valence-corrected chi connectivity index (χ2v) is 11.1. The fourth-order valence-electron chi connectivity index (χ4n) is 3.48. The molecular formula is C20H21N3O6S3. The highest BCUT2D eigenvalue weighted by atomic mass is 32.2. The van der Waals surface area contributed by atoms with E-state index in [1.165, 1.54) is 22.7 Å². The van der Waals surface area contributed by atoms with Crippen LogP contribution in [0.25, 0.3) is 10.8 Å². The fraction of sp³-hybridized carbons (Fsp3) is 0.400. The van der Waals surface area contributed by atoms with Gasteiger partial charge in [-0.3, -0.25) is 4.79 Å². The summed E-state index contributed by atoms with van der Waals surface area (Å²) in [6, 6.07) is 3.49. The highest BCUT2D eigenvalue weighted by Gasteiger charge is 2.30. The van der Waals surface area contributed by atoms with Crippen molar-refractivity contribution in [3.05, 3.63) is 33.5 Å². The number of carbonyl (C=O) groups is 2. The van der Waals surface area contributed by atoms with Gasteiger partial charge in [-0.1, -0.05) is 17.6 Å². The van der Waals surface area contributed by atoms with Gasteiger partial charge < -0.3 is 14.5 Å². The Balaban J connectivity index is 1.54. The van der Waals surface area contributed by atoms with Gasteiger partial charge in [0.25, 0.3) is 5.89 Å². The van der Waals surface area contributed by atoms with Gasteiger partial charge in [-0.05, 0) is 49.6 Å². The summed E-state index contributed by atoms with van der Waals surface area (Å²) in [6.45, 7) is 1.91. The number of amides is 1. The smallest absolute Gasteiger partial charge is 0.341 e. The molecule has 12 heteroatoms. The van der Waals surface area contributed by atoms with Crippen molar-refractivity contribution in [1.29, 1.82) is 0 Å². The zero-order valence-electron chi connectivity index (χ0n) is 17.3. The molecule has 0 bridgehead atoms. The Kier molecular flexibility index (Phi) is 6.72. The number of ether oxygens (including phenoxy) is 1. The number of fused-ring (bicyclic) bond motifs is 1. The van der Waals surface area contributed by atoms with Crippen LogP contribution in [-0.4, -0.2) is 42.9 Å². The zero-order chi connectivity index (χ0) is 22.7. The van der Waals surface area contributed by atoms with Crippen LogP contribution in [0.4, 0.5) is 5.00 Å². The molecule has 0 fully saturated rings. The van der Waals surface area contributed by atoms with Crippen molar-refractivity contribution in [2.75, 3.05) is 17.7 Å². The SMILES string of the molecule is CCOC(=O)c1c(NC(=O)CS(=O)(=O)c2nnc(-c3cccs3)o2)sc2c1CCCCC2. The molecule has 9 nitrogen and oxygen atoms in total. The monoisotopic (exact) mass is 495 g/mol. The minimum absolute atomic E-state index is 0.0746. The second kappa shape index (κ2) is 9.51. The van der Waals surface area contributed by atoms with E-state index in [0.717, 1.165) is 42.5 Å².